The van der Waals surface area contributed by atoms with Crippen LogP contribution in [0, 0.1) is 26.7 Å². The molecule has 1 aromatic carbocycles. The first-order valence-corrected chi connectivity index (χ1v) is 6.79. The molecule has 3 heteroatoms. The number of methoxy groups -OCH3 is 1. The van der Waals surface area contributed by atoms with Gasteiger partial charge in [-0.05, 0) is 56.5 Å². The number of nitrogens with one attached hydrogen (secondary N) is 1. The standard InChI is InChI=1S/C16H25NO2/c1-7-13(16(18)19-6)15(17-5)14-9-8-10(2)11(3)12(14)4/h8-9,13,15,17H,7H2,1-6H3. The van der Waals surface area contributed by atoms with Gasteiger partial charge in [0.1, 0.15) is 0 Å². The first-order valence-electron chi connectivity index (χ1n) is 6.79. The van der Waals surface area contributed by atoms with Crippen LogP contribution in [-0.4, -0.2) is 20.1 Å². The largest absolute Gasteiger partial charge is 0.469 e. The van der Waals surface area contributed by atoms with Gasteiger partial charge in [-0.15, -0.1) is 0 Å². The van der Waals surface area contributed by atoms with Crippen molar-refractivity contribution in [1.82, 2.24) is 5.32 Å². The highest BCUT2D eigenvalue weighted by Gasteiger charge is 2.29. The molecule has 0 amide bonds. The average Bonchev–Trinajstić information content (AvgIpc) is 2.42. The molecule has 2 atom stereocenters. The van der Waals surface area contributed by atoms with Crippen LogP contribution in [0.1, 0.15) is 41.6 Å². The number of benzene rings is 1. The molecule has 0 fully saturated rings. The number of hydrogen-bond donors (Lipinski definition) is 1. The Balaban J connectivity index is 3.23. The van der Waals surface area contributed by atoms with Crippen LogP contribution in [0.5, 0.6) is 0 Å². The van der Waals surface area contributed by atoms with Gasteiger partial charge in [-0.1, -0.05) is 19.1 Å². The van der Waals surface area contributed by atoms with E-state index in [0.29, 0.717) is 0 Å². The van der Waals surface area contributed by atoms with E-state index in [-0.39, 0.29) is 17.9 Å². The van der Waals surface area contributed by atoms with Crippen LogP contribution in [0.2, 0.25) is 0 Å². The van der Waals surface area contributed by atoms with E-state index in [9.17, 15) is 4.79 Å². The van der Waals surface area contributed by atoms with Crippen molar-refractivity contribution in [3.63, 3.8) is 0 Å². The van der Waals surface area contributed by atoms with E-state index in [1.165, 1.54) is 29.4 Å². The molecule has 0 saturated carbocycles. The maximum Gasteiger partial charge on any atom is 0.310 e. The zero-order valence-electron chi connectivity index (χ0n) is 12.8. The molecular formula is C16H25NO2. The highest BCUT2D eigenvalue weighted by molar-refractivity contribution is 5.73. The molecule has 2 unspecified atom stereocenters. The molecule has 0 aliphatic heterocycles. The van der Waals surface area contributed by atoms with Gasteiger partial charge < -0.3 is 10.1 Å². The summed E-state index contributed by atoms with van der Waals surface area (Å²) in [5, 5.41) is 3.27. The van der Waals surface area contributed by atoms with Crippen molar-refractivity contribution in [2.24, 2.45) is 5.92 Å². The highest BCUT2D eigenvalue weighted by Crippen LogP contribution is 2.30. The second kappa shape index (κ2) is 6.71. The Hall–Kier alpha value is -1.35. The highest BCUT2D eigenvalue weighted by atomic mass is 16.5. The summed E-state index contributed by atoms with van der Waals surface area (Å²) < 4.78 is 4.92. The van der Waals surface area contributed by atoms with Crippen LogP contribution in [0.3, 0.4) is 0 Å². The van der Waals surface area contributed by atoms with Crippen molar-refractivity contribution in [3.8, 4) is 0 Å². The van der Waals surface area contributed by atoms with Crippen LogP contribution in [0.25, 0.3) is 0 Å². The molecule has 3 nitrogen and oxygen atoms in total. The molecule has 19 heavy (non-hydrogen) atoms. The molecule has 0 aliphatic carbocycles. The summed E-state index contributed by atoms with van der Waals surface area (Å²) >= 11 is 0. The smallest absolute Gasteiger partial charge is 0.310 e. The van der Waals surface area contributed by atoms with Crippen molar-refractivity contribution < 1.29 is 9.53 Å². The average molecular weight is 263 g/mol. The first kappa shape index (κ1) is 15.7. The lowest BCUT2D eigenvalue weighted by atomic mass is 9.86. The van der Waals surface area contributed by atoms with Gasteiger partial charge >= 0.3 is 5.97 Å². The quantitative estimate of drug-likeness (QED) is 0.830. The Bertz CT molecular complexity index is 454. The number of carbonyl (C=O) groups excluding carboxylic acids is 1. The number of carbonyl (C=O) groups is 1. The number of hydrogen-bond acceptors (Lipinski definition) is 3. The molecule has 0 saturated heterocycles. The van der Waals surface area contributed by atoms with E-state index in [0.717, 1.165) is 6.42 Å². The molecule has 0 bridgehead atoms. The summed E-state index contributed by atoms with van der Waals surface area (Å²) in [6, 6.07) is 4.23. The molecule has 0 aliphatic rings. The third kappa shape index (κ3) is 3.16. The lowest BCUT2D eigenvalue weighted by molar-refractivity contribution is -0.146. The summed E-state index contributed by atoms with van der Waals surface area (Å²) in [6.45, 7) is 8.37. The Morgan fingerprint density at radius 1 is 1.26 bits per heavy atom. The lowest BCUT2D eigenvalue weighted by Crippen LogP contribution is -2.32. The summed E-state index contributed by atoms with van der Waals surface area (Å²) in [5.74, 6) is -0.310. The molecule has 0 aromatic heterocycles. The van der Waals surface area contributed by atoms with E-state index in [1.54, 1.807) is 0 Å². The van der Waals surface area contributed by atoms with Gasteiger partial charge in [0.2, 0.25) is 0 Å². The monoisotopic (exact) mass is 263 g/mol. The Morgan fingerprint density at radius 3 is 2.37 bits per heavy atom. The normalized spacial score (nSPS) is 14.0. The second-order valence-electron chi connectivity index (χ2n) is 5.03. The predicted molar refractivity (Wildman–Crippen MR) is 78.3 cm³/mol. The number of rotatable bonds is 5. The summed E-state index contributed by atoms with van der Waals surface area (Å²) in [6.07, 6.45) is 0.755. The van der Waals surface area contributed by atoms with Crippen molar-refractivity contribution in [3.05, 3.63) is 34.4 Å². The van der Waals surface area contributed by atoms with E-state index < -0.39 is 0 Å². The Labute approximate surface area is 116 Å². The molecule has 1 aromatic rings. The SMILES string of the molecule is CCC(C(=O)OC)C(NC)c1ccc(C)c(C)c1C. The zero-order chi connectivity index (χ0) is 14.6. The summed E-state index contributed by atoms with van der Waals surface area (Å²) in [4.78, 5) is 11.9. The predicted octanol–water partition coefficient (Wildman–Crippen LogP) is 3.07. The Kier molecular flexibility index (Phi) is 5.55. The van der Waals surface area contributed by atoms with Crippen LogP contribution in [0.15, 0.2) is 12.1 Å². The van der Waals surface area contributed by atoms with Crippen LogP contribution in [-0.2, 0) is 9.53 Å². The van der Waals surface area contributed by atoms with Crippen LogP contribution in [0.4, 0.5) is 0 Å². The minimum atomic E-state index is -0.157. The van der Waals surface area contributed by atoms with Gasteiger partial charge in [0.05, 0.1) is 13.0 Å². The fraction of sp³-hybridized carbons (Fsp3) is 0.562. The van der Waals surface area contributed by atoms with Crippen molar-refractivity contribution in [1.29, 1.82) is 0 Å². The minimum Gasteiger partial charge on any atom is -0.469 e. The van der Waals surface area contributed by atoms with Gasteiger partial charge in [-0.3, -0.25) is 4.79 Å². The van der Waals surface area contributed by atoms with Gasteiger partial charge in [-0.2, -0.15) is 0 Å². The first-order chi connectivity index (χ1) is 8.97. The second-order valence-corrected chi connectivity index (χ2v) is 5.03. The Morgan fingerprint density at radius 2 is 1.89 bits per heavy atom. The van der Waals surface area contributed by atoms with E-state index in [4.69, 9.17) is 4.74 Å². The molecule has 106 valence electrons. The molecule has 1 rings (SSSR count). The fourth-order valence-electron chi connectivity index (χ4n) is 2.58. The molecule has 1 N–H and O–H groups in total. The van der Waals surface area contributed by atoms with Gasteiger partial charge in [0.15, 0.2) is 0 Å². The number of aryl methyl sites for hydroxylation is 1. The van der Waals surface area contributed by atoms with E-state index >= 15 is 0 Å². The van der Waals surface area contributed by atoms with Gasteiger partial charge in [0, 0.05) is 6.04 Å². The van der Waals surface area contributed by atoms with Crippen LogP contribution < -0.4 is 5.32 Å². The summed E-state index contributed by atoms with van der Waals surface area (Å²) in [5.41, 5.74) is 5.00. The molecular weight excluding hydrogens is 238 g/mol. The molecule has 0 heterocycles. The van der Waals surface area contributed by atoms with Crippen molar-refractivity contribution in [2.75, 3.05) is 14.2 Å². The third-order valence-corrected chi connectivity index (χ3v) is 4.09. The topological polar surface area (TPSA) is 38.3 Å². The number of ether oxygens (including phenoxy) is 1. The fourth-order valence-corrected chi connectivity index (χ4v) is 2.58. The van der Waals surface area contributed by atoms with Gasteiger partial charge in [0.25, 0.3) is 0 Å². The van der Waals surface area contributed by atoms with Crippen molar-refractivity contribution >= 4 is 5.97 Å². The molecule has 0 radical (unpaired) electrons. The van der Waals surface area contributed by atoms with E-state index in [2.05, 4.69) is 38.2 Å². The maximum absolute atomic E-state index is 11.9. The van der Waals surface area contributed by atoms with Crippen LogP contribution >= 0.6 is 0 Å². The number of esters is 1. The zero-order valence-corrected chi connectivity index (χ0v) is 12.8. The maximum atomic E-state index is 11.9. The van der Waals surface area contributed by atoms with Gasteiger partial charge in [-0.25, -0.2) is 0 Å². The molecule has 0 spiro atoms. The minimum absolute atomic E-state index is 0.00301. The van der Waals surface area contributed by atoms with Crippen molar-refractivity contribution in [2.45, 2.75) is 40.2 Å². The third-order valence-electron chi connectivity index (χ3n) is 4.09. The van der Waals surface area contributed by atoms with E-state index in [1.807, 2.05) is 14.0 Å². The summed E-state index contributed by atoms with van der Waals surface area (Å²) in [7, 11) is 3.34. The lowest BCUT2D eigenvalue weighted by Gasteiger charge is -2.26.